The van der Waals surface area contributed by atoms with Gasteiger partial charge in [-0.25, -0.2) is 0 Å². The van der Waals surface area contributed by atoms with Crippen molar-refractivity contribution in [3.63, 3.8) is 0 Å². The SMILES string of the molecule is C/C(=C\c1ccc(C)cn1)[C@@H]1C[C@@H]2C[C@]2(C)CCC[C@H](C)C(O)[C@@H](C)C(=O)C(C)(C)[C@@H](O)CC(=O)O1. The van der Waals surface area contributed by atoms with Crippen molar-refractivity contribution < 1.29 is 24.5 Å². The molecule has 0 bridgehead atoms. The van der Waals surface area contributed by atoms with Gasteiger partial charge in [-0.15, -0.1) is 0 Å². The number of hydrogen-bond acceptors (Lipinski definition) is 6. The minimum absolute atomic E-state index is 0.0181. The van der Waals surface area contributed by atoms with Crippen LogP contribution in [0.15, 0.2) is 23.9 Å². The molecule has 0 aromatic carbocycles. The van der Waals surface area contributed by atoms with Crippen molar-refractivity contribution in [2.45, 2.75) is 105 Å². The Balaban J connectivity index is 1.86. The van der Waals surface area contributed by atoms with Gasteiger partial charge in [0.05, 0.1) is 29.7 Å². The van der Waals surface area contributed by atoms with Gasteiger partial charge in [-0.05, 0) is 80.1 Å². The number of aliphatic hydroxyl groups excluding tert-OH is 2. The Labute approximate surface area is 216 Å². The predicted octanol–water partition coefficient (Wildman–Crippen LogP) is 5.28. The lowest BCUT2D eigenvalue weighted by atomic mass is 9.73. The third-order valence-electron chi connectivity index (χ3n) is 8.87. The molecule has 200 valence electrons. The maximum Gasteiger partial charge on any atom is 0.309 e. The highest BCUT2D eigenvalue weighted by Gasteiger charge is 2.50. The summed E-state index contributed by atoms with van der Waals surface area (Å²) in [5, 5.41) is 21.8. The topological polar surface area (TPSA) is 96.7 Å². The zero-order chi connectivity index (χ0) is 26.8. The molecular weight excluding hydrogens is 454 g/mol. The van der Waals surface area contributed by atoms with Crippen molar-refractivity contribution in [1.82, 2.24) is 4.98 Å². The Bertz CT molecular complexity index is 968. The quantitative estimate of drug-likeness (QED) is 0.537. The Morgan fingerprint density at radius 3 is 2.50 bits per heavy atom. The average Bonchev–Trinajstić information content (AvgIpc) is 3.46. The molecule has 2 heterocycles. The van der Waals surface area contributed by atoms with Crippen molar-refractivity contribution in [2.75, 3.05) is 0 Å². The van der Waals surface area contributed by atoms with Crippen LogP contribution < -0.4 is 0 Å². The fourth-order valence-electron chi connectivity index (χ4n) is 5.67. The van der Waals surface area contributed by atoms with Gasteiger partial charge in [0.1, 0.15) is 11.9 Å². The van der Waals surface area contributed by atoms with E-state index in [1.807, 2.05) is 45.2 Å². The number of Topliss-reactive ketones (excluding diaryl/α,β-unsaturated/α-hetero) is 1. The molecule has 2 N–H and O–H groups in total. The number of aromatic nitrogens is 1. The second-order valence-electron chi connectivity index (χ2n) is 12.4. The smallest absolute Gasteiger partial charge is 0.309 e. The number of nitrogens with zero attached hydrogens (tertiary/aromatic N) is 1. The van der Waals surface area contributed by atoms with Gasteiger partial charge in [0, 0.05) is 12.1 Å². The fraction of sp³-hybridized carbons (Fsp3) is 0.700. The van der Waals surface area contributed by atoms with Crippen LogP contribution >= 0.6 is 0 Å². The standard InChI is InChI=1S/C30H45NO5/c1-18-10-11-23(31-17-18)13-20(3)24-14-22-16-30(22,7)12-8-9-19(2)27(34)21(4)28(35)29(5,6)25(32)15-26(33)36-24/h10-11,13,17,19,21-22,24-25,27,32,34H,8-9,12,14-16H2,1-7H3/b20-13+/t19-,21+,22+,24-,25-,27?,30-/m0/s1. The number of rotatable bonds is 2. The minimum Gasteiger partial charge on any atom is -0.458 e. The number of fused-ring (bicyclic) bond motifs is 1. The predicted molar refractivity (Wildman–Crippen MR) is 141 cm³/mol. The molecule has 0 amide bonds. The summed E-state index contributed by atoms with van der Waals surface area (Å²) in [5.41, 5.74) is 1.82. The lowest BCUT2D eigenvalue weighted by Gasteiger charge is -2.34. The van der Waals surface area contributed by atoms with Crippen molar-refractivity contribution in [3.05, 3.63) is 35.2 Å². The number of carbonyl (C=O) groups is 2. The monoisotopic (exact) mass is 499 g/mol. The van der Waals surface area contributed by atoms with Crippen LogP contribution in [0.3, 0.4) is 0 Å². The number of ketones is 1. The molecule has 2 aliphatic rings. The first kappa shape index (κ1) is 28.5. The maximum atomic E-state index is 13.3. The number of hydrogen-bond donors (Lipinski definition) is 2. The van der Waals surface area contributed by atoms with Gasteiger partial charge in [-0.3, -0.25) is 14.6 Å². The van der Waals surface area contributed by atoms with E-state index in [2.05, 4.69) is 11.9 Å². The lowest BCUT2D eigenvalue weighted by molar-refractivity contribution is -0.154. The molecule has 7 atom stereocenters. The number of aryl methyl sites for hydroxylation is 1. The van der Waals surface area contributed by atoms with E-state index in [4.69, 9.17) is 4.74 Å². The van der Waals surface area contributed by atoms with E-state index in [1.165, 1.54) is 0 Å². The van der Waals surface area contributed by atoms with Gasteiger partial charge in [-0.1, -0.05) is 47.1 Å². The van der Waals surface area contributed by atoms with E-state index in [-0.39, 0.29) is 23.5 Å². The second kappa shape index (κ2) is 11.1. The van der Waals surface area contributed by atoms with Gasteiger partial charge in [-0.2, -0.15) is 0 Å². The molecule has 2 fully saturated rings. The van der Waals surface area contributed by atoms with E-state index in [9.17, 15) is 19.8 Å². The molecular formula is C30H45NO5. The highest BCUT2D eigenvalue weighted by Crippen LogP contribution is 2.58. The van der Waals surface area contributed by atoms with Gasteiger partial charge in [0.15, 0.2) is 0 Å². The normalized spacial score (nSPS) is 36.6. The summed E-state index contributed by atoms with van der Waals surface area (Å²) in [4.78, 5) is 30.7. The summed E-state index contributed by atoms with van der Waals surface area (Å²) < 4.78 is 5.96. The van der Waals surface area contributed by atoms with Crippen molar-refractivity contribution in [3.8, 4) is 0 Å². The summed E-state index contributed by atoms with van der Waals surface area (Å²) in [6, 6.07) is 3.95. The molecule has 1 unspecified atom stereocenters. The fourth-order valence-corrected chi connectivity index (χ4v) is 5.67. The van der Waals surface area contributed by atoms with Gasteiger partial charge in [0.2, 0.25) is 0 Å². The average molecular weight is 500 g/mol. The number of pyridine rings is 1. The van der Waals surface area contributed by atoms with Crippen molar-refractivity contribution in [2.24, 2.45) is 28.6 Å². The molecule has 36 heavy (non-hydrogen) atoms. The van der Waals surface area contributed by atoms with Crippen LogP contribution in [0.25, 0.3) is 6.08 Å². The number of carbonyl (C=O) groups excluding carboxylic acids is 2. The van der Waals surface area contributed by atoms with Crippen LogP contribution in [0.4, 0.5) is 0 Å². The molecule has 6 heteroatoms. The zero-order valence-corrected chi connectivity index (χ0v) is 23.1. The van der Waals surface area contributed by atoms with E-state index in [0.717, 1.165) is 48.9 Å². The Hall–Kier alpha value is -2.05. The van der Waals surface area contributed by atoms with E-state index in [1.54, 1.807) is 20.8 Å². The number of esters is 1. The Morgan fingerprint density at radius 2 is 1.86 bits per heavy atom. The highest BCUT2D eigenvalue weighted by molar-refractivity contribution is 5.88. The van der Waals surface area contributed by atoms with Crippen LogP contribution in [-0.4, -0.2) is 45.3 Å². The van der Waals surface area contributed by atoms with Crippen LogP contribution in [0.2, 0.25) is 0 Å². The molecule has 6 nitrogen and oxygen atoms in total. The molecule has 1 aromatic rings. The van der Waals surface area contributed by atoms with E-state index in [0.29, 0.717) is 5.92 Å². The number of ether oxygens (including phenoxy) is 1. The second-order valence-corrected chi connectivity index (χ2v) is 12.4. The third kappa shape index (κ3) is 6.63. The summed E-state index contributed by atoms with van der Waals surface area (Å²) in [6.07, 6.45) is 5.79. The molecule has 1 aromatic heterocycles. The van der Waals surface area contributed by atoms with E-state index < -0.39 is 35.6 Å². The maximum absolute atomic E-state index is 13.3. The lowest BCUT2D eigenvalue weighted by Crippen LogP contribution is -2.45. The first-order valence-corrected chi connectivity index (χ1v) is 13.5. The first-order valence-electron chi connectivity index (χ1n) is 13.5. The highest BCUT2D eigenvalue weighted by atomic mass is 16.5. The zero-order valence-electron chi connectivity index (χ0n) is 23.1. The van der Waals surface area contributed by atoms with E-state index >= 15 is 0 Å². The minimum atomic E-state index is -1.20. The van der Waals surface area contributed by atoms with Crippen LogP contribution in [-0.2, 0) is 14.3 Å². The molecule has 3 rings (SSSR count). The summed E-state index contributed by atoms with van der Waals surface area (Å²) in [7, 11) is 0. The van der Waals surface area contributed by atoms with Gasteiger partial charge < -0.3 is 14.9 Å². The number of aliphatic hydroxyl groups is 2. The summed E-state index contributed by atoms with van der Waals surface area (Å²) in [6.45, 7) is 13.3. The number of cyclic esters (lactones) is 1. The largest absolute Gasteiger partial charge is 0.458 e. The van der Waals surface area contributed by atoms with Crippen LogP contribution in [0, 0.1) is 35.5 Å². The Kier molecular flexibility index (Phi) is 8.82. The van der Waals surface area contributed by atoms with Crippen molar-refractivity contribution >= 4 is 17.8 Å². The molecule has 1 saturated carbocycles. The van der Waals surface area contributed by atoms with Gasteiger partial charge >= 0.3 is 5.97 Å². The summed E-state index contributed by atoms with van der Waals surface area (Å²) in [5.74, 6) is -0.955. The van der Waals surface area contributed by atoms with Crippen LogP contribution in [0.5, 0.6) is 0 Å². The molecule has 1 saturated heterocycles. The molecule has 0 radical (unpaired) electrons. The molecule has 1 aliphatic carbocycles. The van der Waals surface area contributed by atoms with Gasteiger partial charge in [0.25, 0.3) is 0 Å². The van der Waals surface area contributed by atoms with Crippen molar-refractivity contribution in [1.29, 1.82) is 0 Å². The third-order valence-corrected chi connectivity index (χ3v) is 8.87. The Morgan fingerprint density at radius 1 is 1.17 bits per heavy atom. The van der Waals surface area contributed by atoms with Crippen LogP contribution in [0.1, 0.15) is 91.3 Å². The molecule has 1 aliphatic heterocycles. The first-order chi connectivity index (χ1) is 16.7. The molecule has 0 spiro atoms. The summed E-state index contributed by atoms with van der Waals surface area (Å²) >= 11 is 0.